The predicted octanol–water partition coefficient (Wildman–Crippen LogP) is 3.12. The highest BCUT2D eigenvalue weighted by Crippen LogP contribution is 2.20. The van der Waals surface area contributed by atoms with Gasteiger partial charge in [-0.1, -0.05) is 17.7 Å². The fraction of sp³-hybridized carbons (Fsp3) is 0. The zero-order chi connectivity index (χ0) is 14.8. The Morgan fingerprint density at radius 1 is 1.19 bits per heavy atom. The van der Waals surface area contributed by atoms with Gasteiger partial charge in [0.2, 0.25) is 0 Å². The summed E-state index contributed by atoms with van der Waals surface area (Å²) in [6.07, 6.45) is 1.72. The van der Waals surface area contributed by atoms with Crippen LogP contribution in [0.15, 0.2) is 48.7 Å². The molecular formula is C15H11ClN4O. The average Bonchev–Trinajstić information content (AvgIpc) is 2.49. The van der Waals surface area contributed by atoms with Crippen molar-refractivity contribution < 1.29 is 4.79 Å². The van der Waals surface area contributed by atoms with Gasteiger partial charge in [0.25, 0.3) is 5.91 Å². The maximum atomic E-state index is 12.2. The van der Waals surface area contributed by atoms with Crippen LogP contribution in [0.3, 0.4) is 0 Å². The number of pyridine rings is 2. The first-order valence-electron chi connectivity index (χ1n) is 6.21. The van der Waals surface area contributed by atoms with Gasteiger partial charge in [0, 0.05) is 17.3 Å². The number of rotatable bonds is 2. The minimum absolute atomic E-state index is 0.1000. The molecule has 0 unspecified atom stereocenters. The number of nitrogen functional groups attached to an aromatic ring is 1. The van der Waals surface area contributed by atoms with E-state index >= 15 is 0 Å². The Bertz CT molecular complexity index is 835. The molecule has 0 spiro atoms. The summed E-state index contributed by atoms with van der Waals surface area (Å²) in [6.45, 7) is 0. The third-order valence-corrected chi connectivity index (χ3v) is 3.25. The molecule has 0 aliphatic heterocycles. The Labute approximate surface area is 125 Å². The van der Waals surface area contributed by atoms with Gasteiger partial charge in [-0.3, -0.25) is 9.78 Å². The van der Waals surface area contributed by atoms with Crippen molar-refractivity contribution >= 4 is 39.9 Å². The number of nitrogens with two attached hydrogens (primary N) is 1. The molecule has 6 heteroatoms. The van der Waals surface area contributed by atoms with Gasteiger partial charge >= 0.3 is 0 Å². The van der Waals surface area contributed by atoms with Gasteiger partial charge in [0.05, 0.1) is 10.5 Å². The first-order valence-corrected chi connectivity index (χ1v) is 6.59. The van der Waals surface area contributed by atoms with E-state index in [1.807, 2.05) is 24.3 Å². The Hall–Kier alpha value is -2.66. The van der Waals surface area contributed by atoms with Crippen molar-refractivity contribution in [3.63, 3.8) is 0 Å². The Balaban J connectivity index is 1.90. The van der Waals surface area contributed by atoms with Gasteiger partial charge in [0.1, 0.15) is 11.5 Å². The monoisotopic (exact) mass is 298 g/mol. The number of fused-ring (bicyclic) bond motifs is 1. The summed E-state index contributed by atoms with van der Waals surface area (Å²) in [4.78, 5) is 20.4. The van der Waals surface area contributed by atoms with Crippen molar-refractivity contribution in [1.29, 1.82) is 0 Å². The third kappa shape index (κ3) is 2.78. The maximum Gasteiger partial charge on any atom is 0.275 e. The molecule has 104 valence electrons. The average molecular weight is 299 g/mol. The smallest absolute Gasteiger partial charge is 0.275 e. The number of anilines is 2. The van der Waals surface area contributed by atoms with E-state index in [2.05, 4.69) is 15.3 Å². The van der Waals surface area contributed by atoms with Crippen LogP contribution in [0.5, 0.6) is 0 Å². The molecule has 1 aromatic carbocycles. The van der Waals surface area contributed by atoms with E-state index in [0.717, 1.165) is 10.9 Å². The highest BCUT2D eigenvalue weighted by atomic mass is 35.5. The fourth-order valence-corrected chi connectivity index (χ4v) is 2.15. The van der Waals surface area contributed by atoms with Crippen molar-refractivity contribution in [2.24, 2.45) is 0 Å². The van der Waals surface area contributed by atoms with Crippen LogP contribution in [-0.2, 0) is 0 Å². The van der Waals surface area contributed by atoms with Crippen LogP contribution in [-0.4, -0.2) is 15.9 Å². The number of aromatic nitrogens is 2. The van der Waals surface area contributed by atoms with Crippen molar-refractivity contribution in [3.05, 3.63) is 59.4 Å². The minimum atomic E-state index is -0.407. The van der Waals surface area contributed by atoms with Gasteiger partial charge < -0.3 is 11.1 Å². The first kappa shape index (κ1) is 13.3. The lowest BCUT2D eigenvalue weighted by Gasteiger charge is -2.07. The summed E-state index contributed by atoms with van der Waals surface area (Å²) in [5, 5.41) is 3.94. The molecule has 5 nitrogen and oxygen atoms in total. The number of hydrogen-bond acceptors (Lipinski definition) is 4. The molecule has 0 atom stereocenters. The van der Waals surface area contributed by atoms with Crippen LogP contribution in [0, 0.1) is 0 Å². The van der Waals surface area contributed by atoms with Crippen molar-refractivity contribution in [1.82, 2.24) is 9.97 Å². The zero-order valence-corrected chi connectivity index (χ0v) is 11.6. The standard InChI is InChI=1S/C15H11ClN4O/c16-11-4-6-13(17)20-14(11)15(21)19-10-3-5-12-9(8-10)2-1-7-18-12/h1-8H,(H2,17,20)(H,19,21). The molecule has 0 aliphatic rings. The summed E-state index contributed by atoms with van der Waals surface area (Å²) in [7, 11) is 0. The molecular weight excluding hydrogens is 288 g/mol. The second-order valence-electron chi connectivity index (χ2n) is 4.43. The van der Waals surface area contributed by atoms with Crippen LogP contribution in [0.4, 0.5) is 11.5 Å². The Morgan fingerprint density at radius 3 is 2.90 bits per heavy atom. The molecule has 1 amide bonds. The highest BCUT2D eigenvalue weighted by Gasteiger charge is 2.13. The van der Waals surface area contributed by atoms with Gasteiger partial charge in [0.15, 0.2) is 0 Å². The van der Waals surface area contributed by atoms with Crippen molar-refractivity contribution in [3.8, 4) is 0 Å². The number of nitrogens with one attached hydrogen (secondary N) is 1. The normalized spacial score (nSPS) is 10.5. The molecule has 2 heterocycles. The van der Waals surface area contributed by atoms with Crippen molar-refractivity contribution in [2.45, 2.75) is 0 Å². The van der Waals surface area contributed by atoms with E-state index in [-0.39, 0.29) is 16.5 Å². The quantitative estimate of drug-likeness (QED) is 0.761. The van der Waals surface area contributed by atoms with E-state index in [0.29, 0.717) is 5.69 Å². The van der Waals surface area contributed by atoms with Gasteiger partial charge in [-0.15, -0.1) is 0 Å². The predicted molar refractivity (Wildman–Crippen MR) is 83.4 cm³/mol. The molecule has 0 saturated heterocycles. The number of hydrogen-bond donors (Lipinski definition) is 2. The van der Waals surface area contributed by atoms with E-state index in [9.17, 15) is 4.79 Å². The maximum absolute atomic E-state index is 12.2. The van der Waals surface area contributed by atoms with Gasteiger partial charge in [-0.05, 0) is 36.4 Å². The largest absolute Gasteiger partial charge is 0.384 e. The van der Waals surface area contributed by atoms with E-state index in [1.165, 1.54) is 0 Å². The lowest BCUT2D eigenvalue weighted by atomic mass is 10.2. The number of halogens is 1. The second kappa shape index (κ2) is 5.38. The number of carbonyl (C=O) groups excluding carboxylic acids is 1. The summed E-state index contributed by atoms with van der Waals surface area (Å²) in [5.74, 6) is -0.164. The molecule has 3 N–H and O–H groups in total. The number of amides is 1. The molecule has 21 heavy (non-hydrogen) atoms. The van der Waals surface area contributed by atoms with Crippen LogP contribution in [0.2, 0.25) is 5.02 Å². The van der Waals surface area contributed by atoms with Gasteiger partial charge in [-0.25, -0.2) is 4.98 Å². The Kier molecular flexibility index (Phi) is 3.41. The SMILES string of the molecule is Nc1ccc(Cl)c(C(=O)Nc2ccc3ncccc3c2)n1. The van der Waals surface area contributed by atoms with Crippen LogP contribution >= 0.6 is 11.6 Å². The summed E-state index contributed by atoms with van der Waals surface area (Å²) < 4.78 is 0. The molecule has 3 rings (SSSR count). The van der Waals surface area contributed by atoms with Crippen LogP contribution in [0.1, 0.15) is 10.5 Å². The third-order valence-electron chi connectivity index (χ3n) is 2.94. The van der Waals surface area contributed by atoms with Crippen LogP contribution < -0.4 is 11.1 Å². The van der Waals surface area contributed by atoms with E-state index in [1.54, 1.807) is 24.4 Å². The first-order chi connectivity index (χ1) is 10.1. The molecule has 0 aliphatic carbocycles. The van der Waals surface area contributed by atoms with E-state index < -0.39 is 5.91 Å². The number of nitrogens with zero attached hydrogens (tertiary/aromatic N) is 2. The molecule has 0 fully saturated rings. The summed E-state index contributed by atoms with van der Waals surface area (Å²) in [5.41, 5.74) is 7.17. The molecule has 0 radical (unpaired) electrons. The lowest BCUT2D eigenvalue weighted by molar-refractivity contribution is 0.102. The Morgan fingerprint density at radius 2 is 2.05 bits per heavy atom. The molecule has 2 aromatic heterocycles. The van der Waals surface area contributed by atoms with Gasteiger partial charge in [-0.2, -0.15) is 0 Å². The lowest BCUT2D eigenvalue weighted by Crippen LogP contribution is -2.15. The summed E-state index contributed by atoms with van der Waals surface area (Å²) >= 11 is 5.96. The minimum Gasteiger partial charge on any atom is -0.384 e. The topological polar surface area (TPSA) is 80.9 Å². The number of benzene rings is 1. The van der Waals surface area contributed by atoms with Crippen molar-refractivity contribution in [2.75, 3.05) is 11.1 Å². The molecule has 0 saturated carbocycles. The summed E-state index contributed by atoms with van der Waals surface area (Å²) in [6, 6.07) is 12.3. The van der Waals surface area contributed by atoms with E-state index in [4.69, 9.17) is 17.3 Å². The van der Waals surface area contributed by atoms with Crippen LogP contribution in [0.25, 0.3) is 10.9 Å². The fourth-order valence-electron chi connectivity index (χ4n) is 1.96. The molecule has 3 aromatic rings. The zero-order valence-electron chi connectivity index (χ0n) is 10.9. The highest BCUT2D eigenvalue weighted by molar-refractivity contribution is 6.34. The second-order valence-corrected chi connectivity index (χ2v) is 4.84. The molecule has 0 bridgehead atoms. The number of carbonyl (C=O) groups is 1.